The van der Waals surface area contributed by atoms with Crippen LogP contribution in [0.2, 0.25) is 0 Å². The number of aromatic nitrogens is 2. The van der Waals surface area contributed by atoms with Gasteiger partial charge in [-0.2, -0.15) is 4.31 Å². The Balaban J connectivity index is 1.62. The number of ether oxygens (including phenoxy) is 3. The van der Waals surface area contributed by atoms with Crippen molar-refractivity contribution in [2.45, 2.75) is 24.3 Å². The van der Waals surface area contributed by atoms with Gasteiger partial charge in [-0.15, -0.1) is 10.2 Å². The molecule has 1 aromatic heterocycles. The molecule has 10 heteroatoms. The van der Waals surface area contributed by atoms with Gasteiger partial charge in [0, 0.05) is 19.5 Å². The van der Waals surface area contributed by atoms with Crippen LogP contribution in [-0.4, -0.2) is 55.8 Å². The molecule has 0 amide bonds. The Morgan fingerprint density at radius 1 is 1.19 bits per heavy atom. The maximum Gasteiger partial charge on any atom is 0.247 e. The van der Waals surface area contributed by atoms with Crippen molar-refractivity contribution in [1.29, 1.82) is 0 Å². The maximum absolute atomic E-state index is 13.2. The van der Waals surface area contributed by atoms with Gasteiger partial charge in [0.15, 0.2) is 11.5 Å². The molecule has 0 N–H and O–H groups in total. The van der Waals surface area contributed by atoms with Gasteiger partial charge in [-0.05, 0) is 12.1 Å². The van der Waals surface area contributed by atoms with Crippen molar-refractivity contribution >= 4 is 10.0 Å². The molecule has 0 saturated carbocycles. The standard InChI is InChI=1S/C16H19N3O6S/c1-2-14-17-18-16(25-14)12-10-19(6-7-22-12)26(20,21)13-5-3-4-11-15(13)24-9-8-23-11/h3-5,12H,2,6-10H2,1H3/t12-/m1/s1. The smallest absolute Gasteiger partial charge is 0.247 e. The van der Waals surface area contributed by atoms with E-state index in [1.807, 2.05) is 6.92 Å². The molecule has 1 saturated heterocycles. The highest BCUT2D eigenvalue weighted by molar-refractivity contribution is 7.89. The fourth-order valence-electron chi connectivity index (χ4n) is 2.92. The molecule has 2 aliphatic heterocycles. The molecule has 1 atom stereocenters. The number of rotatable bonds is 4. The lowest BCUT2D eigenvalue weighted by atomic mass is 10.3. The minimum atomic E-state index is -3.78. The predicted molar refractivity (Wildman–Crippen MR) is 88.6 cm³/mol. The molecule has 3 heterocycles. The molecule has 1 aromatic carbocycles. The summed E-state index contributed by atoms with van der Waals surface area (Å²) in [6.45, 7) is 3.17. The number of morpholine rings is 1. The van der Waals surface area contributed by atoms with Crippen molar-refractivity contribution in [1.82, 2.24) is 14.5 Å². The summed E-state index contributed by atoms with van der Waals surface area (Å²) in [4.78, 5) is 0.0927. The summed E-state index contributed by atoms with van der Waals surface area (Å²) in [6, 6.07) is 4.86. The van der Waals surface area contributed by atoms with Crippen LogP contribution in [-0.2, 0) is 21.2 Å². The van der Waals surface area contributed by atoms with Crippen molar-refractivity contribution in [2.24, 2.45) is 0 Å². The molecule has 26 heavy (non-hydrogen) atoms. The number of hydrogen-bond donors (Lipinski definition) is 0. The molecule has 0 unspecified atom stereocenters. The molecule has 0 aliphatic carbocycles. The summed E-state index contributed by atoms with van der Waals surface area (Å²) in [5.41, 5.74) is 0. The van der Waals surface area contributed by atoms with Crippen LogP contribution in [0, 0.1) is 0 Å². The van der Waals surface area contributed by atoms with E-state index in [4.69, 9.17) is 18.6 Å². The summed E-state index contributed by atoms with van der Waals surface area (Å²) < 4.78 is 49.9. The van der Waals surface area contributed by atoms with Gasteiger partial charge in [0.1, 0.15) is 24.2 Å². The van der Waals surface area contributed by atoms with E-state index in [1.54, 1.807) is 12.1 Å². The molecule has 140 valence electrons. The van der Waals surface area contributed by atoms with E-state index in [9.17, 15) is 8.42 Å². The van der Waals surface area contributed by atoms with Crippen LogP contribution in [0.5, 0.6) is 11.5 Å². The first kappa shape index (κ1) is 17.3. The highest BCUT2D eigenvalue weighted by Crippen LogP contribution is 2.38. The van der Waals surface area contributed by atoms with Crippen LogP contribution < -0.4 is 9.47 Å². The minimum Gasteiger partial charge on any atom is -0.486 e. The van der Waals surface area contributed by atoms with E-state index >= 15 is 0 Å². The fraction of sp³-hybridized carbons (Fsp3) is 0.500. The number of sulfonamides is 1. The summed E-state index contributed by atoms with van der Waals surface area (Å²) >= 11 is 0. The largest absolute Gasteiger partial charge is 0.486 e. The summed E-state index contributed by atoms with van der Waals surface area (Å²) in [5, 5.41) is 7.87. The van der Waals surface area contributed by atoms with Crippen LogP contribution in [0.1, 0.15) is 24.8 Å². The van der Waals surface area contributed by atoms with Crippen LogP contribution in [0.15, 0.2) is 27.5 Å². The number of fused-ring (bicyclic) bond motifs is 1. The van der Waals surface area contributed by atoms with Crippen molar-refractivity contribution in [3.8, 4) is 11.5 Å². The Kier molecular flexibility index (Phi) is 4.55. The maximum atomic E-state index is 13.2. The average molecular weight is 381 g/mol. The van der Waals surface area contributed by atoms with Crippen LogP contribution in [0.3, 0.4) is 0 Å². The van der Waals surface area contributed by atoms with Gasteiger partial charge in [-0.25, -0.2) is 8.42 Å². The second kappa shape index (κ2) is 6.86. The van der Waals surface area contributed by atoms with E-state index in [-0.39, 0.29) is 36.2 Å². The topological polar surface area (TPSA) is 104 Å². The molecule has 2 aromatic rings. The van der Waals surface area contributed by atoms with E-state index in [0.29, 0.717) is 31.3 Å². The lowest BCUT2D eigenvalue weighted by molar-refractivity contribution is -0.0178. The Labute approximate surface area is 150 Å². The van der Waals surface area contributed by atoms with Crippen LogP contribution in [0.25, 0.3) is 0 Å². The zero-order chi connectivity index (χ0) is 18.1. The number of benzene rings is 1. The highest BCUT2D eigenvalue weighted by atomic mass is 32.2. The summed E-state index contributed by atoms with van der Waals surface area (Å²) in [6.07, 6.45) is 0.0120. The molecule has 4 rings (SSSR count). The van der Waals surface area contributed by atoms with Crippen molar-refractivity contribution in [3.63, 3.8) is 0 Å². The zero-order valence-corrected chi connectivity index (χ0v) is 15.1. The number of aryl methyl sites for hydroxylation is 1. The average Bonchev–Trinajstić information content (AvgIpc) is 3.17. The lowest BCUT2D eigenvalue weighted by Gasteiger charge is -2.31. The van der Waals surface area contributed by atoms with Crippen molar-refractivity contribution in [3.05, 3.63) is 30.0 Å². The van der Waals surface area contributed by atoms with E-state index in [1.165, 1.54) is 10.4 Å². The lowest BCUT2D eigenvalue weighted by Crippen LogP contribution is -2.42. The third-order valence-corrected chi connectivity index (χ3v) is 6.13. The second-order valence-corrected chi connectivity index (χ2v) is 7.80. The number of nitrogens with zero attached hydrogens (tertiary/aromatic N) is 3. The van der Waals surface area contributed by atoms with Gasteiger partial charge < -0.3 is 18.6 Å². The van der Waals surface area contributed by atoms with Gasteiger partial charge in [0.25, 0.3) is 0 Å². The van der Waals surface area contributed by atoms with Crippen molar-refractivity contribution in [2.75, 3.05) is 32.9 Å². The first-order valence-electron chi connectivity index (χ1n) is 8.42. The van der Waals surface area contributed by atoms with Crippen LogP contribution >= 0.6 is 0 Å². The van der Waals surface area contributed by atoms with E-state index in [2.05, 4.69) is 10.2 Å². The zero-order valence-electron chi connectivity index (χ0n) is 14.3. The highest BCUT2D eigenvalue weighted by Gasteiger charge is 2.36. The molecule has 0 bridgehead atoms. The Hall–Kier alpha value is -2.17. The quantitative estimate of drug-likeness (QED) is 0.777. The van der Waals surface area contributed by atoms with Crippen molar-refractivity contribution < 1.29 is 27.0 Å². The van der Waals surface area contributed by atoms with Gasteiger partial charge in [0.2, 0.25) is 21.8 Å². The van der Waals surface area contributed by atoms with Gasteiger partial charge in [-0.1, -0.05) is 13.0 Å². The Bertz CT molecular complexity index is 897. The Morgan fingerprint density at radius 2 is 2.04 bits per heavy atom. The first-order valence-corrected chi connectivity index (χ1v) is 9.86. The Morgan fingerprint density at radius 3 is 2.85 bits per heavy atom. The molecule has 0 radical (unpaired) electrons. The van der Waals surface area contributed by atoms with E-state index in [0.717, 1.165) is 0 Å². The van der Waals surface area contributed by atoms with Gasteiger partial charge in [0.05, 0.1) is 6.61 Å². The van der Waals surface area contributed by atoms with Gasteiger partial charge >= 0.3 is 0 Å². The molecule has 9 nitrogen and oxygen atoms in total. The first-order chi connectivity index (χ1) is 12.6. The third-order valence-electron chi connectivity index (χ3n) is 4.24. The molecule has 1 fully saturated rings. The van der Waals surface area contributed by atoms with Crippen LogP contribution in [0.4, 0.5) is 0 Å². The number of hydrogen-bond acceptors (Lipinski definition) is 8. The molecular formula is C16H19N3O6S. The monoisotopic (exact) mass is 381 g/mol. The number of para-hydroxylation sites is 1. The molecule has 2 aliphatic rings. The predicted octanol–water partition coefficient (Wildman–Crippen LogP) is 1.17. The summed E-state index contributed by atoms with van der Waals surface area (Å²) in [5.74, 6) is 1.47. The van der Waals surface area contributed by atoms with Gasteiger partial charge in [-0.3, -0.25) is 0 Å². The second-order valence-electron chi connectivity index (χ2n) is 5.89. The molecular weight excluding hydrogens is 362 g/mol. The summed E-state index contributed by atoms with van der Waals surface area (Å²) in [7, 11) is -3.78. The molecule has 0 spiro atoms. The fourth-order valence-corrected chi connectivity index (χ4v) is 4.49. The van der Waals surface area contributed by atoms with E-state index < -0.39 is 16.1 Å². The minimum absolute atomic E-state index is 0.0927. The SMILES string of the molecule is CCc1nnc([C@H]2CN(S(=O)(=O)c3cccc4c3OCCO4)CCO2)o1. The normalized spacial score (nSPS) is 20.9. The third kappa shape index (κ3) is 3.04.